The molecule has 7 nitrogen and oxygen atoms in total. The number of benzene rings is 1. The van der Waals surface area contributed by atoms with Gasteiger partial charge in [0.1, 0.15) is 11.6 Å². The van der Waals surface area contributed by atoms with Gasteiger partial charge in [-0.2, -0.15) is 4.31 Å². The van der Waals surface area contributed by atoms with Crippen LogP contribution in [0.1, 0.15) is 6.92 Å². The first-order valence-electron chi connectivity index (χ1n) is 9.21. The molecule has 0 N–H and O–H groups in total. The predicted octanol–water partition coefficient (Wildman–Crippen LogP) is 2.76. The zero-order chi connectivity index (χ0) is 19.9. The van der Waals surface area contributed by atoms with E-state index < -0.39 is 10.0 Å². The minimum atomic E-state index is -3.15. The van der Waals surface area contributed by atoms with Crippen LogP contribution in [-0.2, 0) is 17.1 Å². The Morgan fingerprint density at radius 1 is 1.14 bits per heavy atom. The van der Waals surface area contributed by atoms with Gasteiger partial charge in [-0.3, -0.25) is 0 Å². The minimum absolute atomic E-state index is 0.128. The lowest BCUT2D eigenvalue weighted by atomic mass is 10.2. The van der Waals surface area contributed by atoms with Crippen molar-refractivity contribution in [2.24, 2.45) is 7.05 Å². The molecule has 0 saturated carbocycles. The highest BCUT2D eigenvalue weighted by molar-refractivity contribution is 7.89. The Balaban J connectivity index is 1.64. The molecule has 0 spiro atoms. The molecule has 9 heteroatoms. The molecule has 148 valence electrons. The highest BCUT2D eigenvalue weighted by Gasteiger charge is 2.26. The molecule has 4 rings (SSSR count). The number of pyridine rings is 1. The first kappa shape index (κ1) is 19.2. The van der Waals surface area contributed by atoms with Crippen LogP contribution in [0.3, 0.4) is 0 Å². The summed E-state index contributed by atoms with van der Waals surface area (Å²) in [6, 6.07) is 9.88. The van der Waals surface area contributed by atoms with Crippen LogP contribution in [0.4, 0.5) is 5.82 Å². The van der Waals surface area contributed by atoms with E-state index in [2.05, 4.69) is 9.88 Å². The van der Waals surface area contributed by atoms with Gasteiger partial charge < -0.3 is 9.47 Å². The number of halogens is 1. The molecule has 0 atom stereocenters. The maximum absolute atomic E-state index is 12.1. The van der Waals surface area contributed by atoms with Gasteiger partial charge in [0.05, 0.1) is 21.8 Å². The van der Waals surface area contributed by atoms with Gasteiger partial charge in [-0.05, 0) is 25.1 Å². The van der Waals surface area contributed by atoms with E-state index in [-0.39, 0.29) is 5.75 Å². The van der Waals surface area contributed by atoms with Crippen molar-refractivity contribution in [3.63, 3.8) is 0 Å². The second-order valence-electron chi connectivity index (χ2n) is 6.79. The molecule has 3 aromatic rings. The number of aryl methyl sites for hydroxylation is 1. The van der Waals surface area contributed by atoms with E-state index in [1.165, 1.54) is 0 Å². The molecule has 0 bridgehead atoms. The predicted molar refractivity (Wildman–Crippen MR) is 112 cm³/mol. The third-order valence-corrected chi connectivity index (χ3v) is 7.37. The third kappa shape index (κ3) is 3.36. The molecule has 1 aromatic carbocycles. The number of para-hydroxylation sites is 2. The Hall–Kier alpha value is -2.16. The number of sulfonamides is 1. The number of aromatic nitrogens is 3. The van der Waals surface area contributed by atoms with Crippen LogP contribution in [0.5, 0.6) is 0 Å². The van der Waals surface area contributed by atoms with Crippen molar-refractivity contribution in [2.75, 3.05) is 36.8 Å². The third-order valence-electron chi connectivity index (χ3n) is 5.19. The number of anilines is 1. The first-order valence-corrected chi connectivity index (χ1v) is 11.2. The molecule has 2 aromatic heterocycles. The fourth-order valence-corrected chi connectivity index (χ4v) is 4.81. The second kappa shape index (κ2) is 7.35. The van der Waals surface area contributed by atoms with E-state index in [1.54, 1.807) is 17.4 Å². The van der Waals surface area contributed by atoms with Gasteiger partial charge in [-0.1, -0.05) is 23.7 Å². The molecule has 1 aliphatic rings. The Bertz CT molecular complexity index is 1120. The molecule has 3 heterocycles. The Labute approximate surface area is 169 Å². The van der Waals surface area contributed by atoms with Gasteiger partial charge in [-0.15, -0.1) is 0 Å². The number of rotatable bonds is 4. The first-order chi connectivity index (χ1) is 13.4. The summed E-state index contributed by atoms with van der Waals surface area (Å²) < 4.78 is 27.7. The van der Waals surface area contributed by atoms with E-state index in [4.69, 9.17) is 16.6 Å². The van der Waals surface area contributed by atoms with E-state index in [9.17, 15) is 8.42 Å². The molecule has 0 unspecified atom stereocenters. The van der Waals surface area contributed by atoms with E-state index >= 15 is 0 Å². The summed E-state index contributed by atoms with van der Waals surface area (Å²) in [6.07, 6.45) is 1.64. The molecule has 1 aliphatic heterocycles. The molecule has 28 heavy (non-hydrogen) atoms. The summed E-state index contributed by atoms with van der Waals surface area (Å²) in [5.41, 5.74) is 2.76. The van der Waals surface area contributed by atoms with Crippen molar-refractivity contribution < 1.29 is 8.42 Å². The maximum atomic E-state index is 12.1. The highest BCUT2D eigenvalue weighted by Crippen LogP contribution is 2.32. The average molecular weight is 420 g/mol. The van der Waals surface area contributed by atoms with Crippen molar-refractivity contribution in [1.82, 2.24) is 18.8 Å². The van der Waals surface area contributed by atoms with Crippen molar-refractivity contribution >= 4 is 38.5 Å². The monoisotopic (exact) mass is 419 g/mol. The van der Waals surface area contributed by atoms with Crippen LogP contribution in [0.15, 0.2) is 36.5 Å². The molecule has 1 fully saturated rings. The van der Waals surface area contributed by atoms with Crippen molar-refractivity contribution in [1.29, 1.82) is 0 Å². The van der Waals surface area contributed by atoms with Gasteiger partial charge in [-0.25, -0.2) is 18.4 Å². The quantitative estimate of drug-likeness (QED) is 0.650. The Kier molecular flexibility index (Phi) is 5.03. The van der Waals surface area contributed by atoms with Gasteiger partial charge >= 0.3 is 0 Å². The summed E-state index contributed by atoms with van der Waals surface area (Å²) in [5.74, 6) is 1.69. The molecular formula is C19H22ClN5O2S. The van der Waals surface area contributed by atoms with Crippen LogP contribution in [0.2, 0.25) is 5.02 Å². The largest absolute Gasteiger partial charge is 0.354 e. The van der Waals surface area contributed by atoms with Crippen LogP contribution in [0, 0.1) is 0 Å². The minimum Gasteiger partial charge on any atom is -0.354 e. The van der Waals surface area contributed by atoms with Crippen LogP contribution in [0.25, 0.3) is 22.4 Å². The molecule has 1 saturated heterocycles. The number of hydrogen-bond acceptors (Lipinski definition) is 5. The fraction of sp³-hybridized carbons (Fsp3) is 0.368. The smallest absolute Gasteiger partial charge is 0.213 e. The SMILES string of the molecule is CCS(=O)(=O)N1CCN(c2cc(-c3nc4ccccc4n3C)c(Cl)cn2)CC1. The van der Waals surface area contributed by atoms with E-state index in [1.807, 2.05) is 41.9 Å². The lowest BCUT2D eigenvalue weighted by Crippen LogP contribution is -2.49. The standard InChI is InChI=1S/C19H22ClN5O2S/c1-3-28(26,27)25-10-8-24(9-11-25)18-12-14(15(20)13-21-18)19-22-16-6-4-5-7-17(16)23(19)2/h4-7,12-13H,3,8-11H2,1-2H3. The van der Waals surface area contributed by atoms with E-state index in [0.717, 1.165) is 28.2 Å². The van der Waals surface area contributed by atoms with Gasteiger partial charge in [0, 0.05) is 45.0 Å². The Morgan fingerprint density at radius 2 is 1.86 bits per heavy atom. The van der Waals surface area contributed by atoms with E-state index in [0.29, 0.717) is 31.2 Å². The molecular weight excluding hydrogens is 398 g/mol. The number of imidazole rings is 1. The summed E-state index contributed by atoms with van der Waals surface area (Å²) in [5, 5.41) is 0.536. The lowest BCUT2D eigenvalue weighted by molar-refractivity contribution is 0.384. The van der Waals surface area contributed by atoms with Crippen molar-refractivity contribution in [3.8, 4) is 11.4 Å². The highest BCUT2D eigenvalue weighted by atomic mass is 35.5. The topological polar surface area (TPSA) is 71.3 Å². The summed E-state index contributed by atoms with van der Waals surface area (Å²) in [4.78, 5) is 11.3. The van der Waals surface area contributed by atoms with Crippen molar-refractivity contribution in [3.05, 3.63) is 41.6 Å². The van der Waals surface area contributed by atoms with Gasteiger partial charge in [0.25, 0.3) is 0 Å². The summed E-state index contributed by atoms with van der Waals surface area (Å²) >= 11 is 6.45. The fourth-order valence-electron chi connectivity index (χ4n) is 3.54. The second-order valence-corrected chi connectivity index (χ2v) is 9.46. The number of piperazine rings is 1. The lowest BCUT2D eigenvalue weighted by Gasteiger charge is -2.34. The average Bonchev–Trinajstić information content (AvgIpc) is 3.05. The number of fused-ring (bicyclic) bond motifs is 1. The molecule has 0 aliphatic carbocycles. The normalized spacial score (nSPS) is 16.0. The summed E-state index contributed by atoms with van der Waals surface area (Å²) in [6.45, 7) is 3.78. The van der Waals surface area contributed by atoms with Gasteiger partial charge in [0.15, 0.2) is 0 Å². The van der Waals surface area contributed by atoms with Crippen LogP contribution >= 0.6 is 11.6 Å². The van der Waals surface area contributed by atoms with Gasteiger partial charge in [0.2, 0.25) is 10.0 Å². The number of hydrogen-bond donors (Lipinski definition) is 0. The maximum Gasteiger partial charge on any atom is 0.213 e. The molecule has 0 amide bonds. The Morgan fingerprint density at radius 3 is 2.54 bits per heavy atom. The molecule has 0 radical (unpaired) electrons. The number of nitrogens with zero attached hydrogens (tertiary/aromatic N) is 5. The summed E-state index contributed by atoms with van der Waals surface area (Å²) in [7, 11) is -1.19. The zero-order valence-corrected chi connectivity index (χ0v) is 17.4. The van der Waals surface area contributed by atoms with Crippen LogP contribution in [-0.4, -0.2) is 59.2 Å². The zero-order valence-electron chi connectivity index (χ0n) is 15.8. The van der Waals surface area contributed by atoms with Crippen molar-refractivity contribution in [2.45, 2.75) is 6.92 Å². The van der Waals surface area contributed by atoms with Crippen LogP contribution < -0.4 is 4.90 Å².